The van der Waals surface area contributed by atoms with Gasteiger partial charge in [0.15, 0.2) is 0 Å². The molecule has 9 nitrogen and oxygen atoms in total. The Labute approximate surface area is 169 Å². The minimum atomic E-state index is -0.649. The van der Waals surface area contributed by atoms with E-state index in [2.05, 4.69) is 15.3 Å². The van der Waals surface area contributed by atoms with E-state index in [1.54, 1.807) is 28.5 Å². The molecule has 150 valence electrons. The van der Waals surface area contributed by atoms with Gasteiger partial charge in [-0.2, -0.15) is 0 Å². The number of aromatic nitrogens is 4. The molecule has 0 aliphatic carbocycles. The number of fused-ring (bicyclic) bond motifs is 1. The molecule has 1 aliphatic heterocycles. The SMILES string of the molecule is CC(=O)OC[C@H]1O[C@H](c2cn(-c3cccc4ncsc34)nn2)C=C[C@@H]1OC(C)=O. The second-order valence-electron chi connectivity index (χ2n) is 6.42. The zero-order valence-electron chi connectivity index (χ0n) is 15.7. The normalized spacial score (nSPS) is 21.2. The summed E-state index contributed by atoms with van der Waals surface area (Å²) in [5, 5.41) is 8.45. The predicted molar refractivity (Wildman–Crippen MR) is 103 cm³/mol. The summed E-state index contributed by atoms with van der Waals surface area (Å²) in [5.74, 6) is -0.886. The average Bonchev–Trinajstić information content (AvgIpc) is 3.36. The molecule has 0 radical (unpaired) electrons. The Morgan fingerprint density at radius 3 is 2.90 bits per heavy atom. The molecule has 3 aromatic rings. The van der Waals surface area contributed by atoms with Gasteiger partial charge in [-0.25, -0.2) is 9.67 Å². The van der Waals surface area contributed by atoms with Crippen LogP contribution in [-0.2, 0) is 23.8 Å². The number of thiazole rings is 1. The van der Waals surface area contributed by atoms with Crippen molar-refractivity contribution in [3.63, 3.8) is 0 Å². The Balaban J connectivity index is 1.57. The van der Waals surface area contributed by atoms with E-state index in [-0.39, 0.29) is 6.61 Å². The molecule has 10 heteroatoms. The zero-order valence-corrected chi connectivity index (χ0v) is 16.5. The van der Waals surface area contributed by atoms with Crippen molar-refractivity contribution in [2.45, 2.75) is 32.2 Å². The molecule has 29 heavy (non-hydrogen) atoms. The van der Waals surface area contributed by atoms with Crippen LogP contribution in [0.1, 0.15) is 25.6 Å². The smallest absolute Gasteiger partial charge is 0.303 e. The molecule has 3 heterocycles. The number of ether oxygens (including phenoxy) is 3. The van der Waals surface area contributed by atoms with Gasteiger partial charge >= 0.3 is 11.9 Å². The molecule has 0 spiro atoms. The van der Waals surface area contributed by atoms with Crippen LogP contribution in [0.4, 0.5) is 0 Å². The number of rotatable bonds is 5. The number of carbonyl (C=O) groups excluding carboxylic acids is 2. The minimum Gasteiger partial charge on any atom is -0.463 e. The minimum absolute atomic E-state index is 0.0393. The predicted octanol–water partition coefficient (Wildman–Crippen LogP) is 2.37. The van der Waals surface area contributed by atoms with Gasteiger partial charge in [0.05, 0.1) is 27.6 Å². The van der Waals surface area contributed by atoms with Gasteiger partial charge in [-0.3, -0.25) is 9.59 Å². The van der Waals surface area contributed by atoms with E-state index in [4.69, 9.17) is 14.2 Å². The number of nitrogens with zero attached hydrogens (tertiary/aromatic N) is 4. The summed E-state index contributed by atoms with van der Waals surface area (Å²) >= 11 is 1.53. The Bertz CT molecular complexity index is 1080. The van der Waals surface area contributed by atoms with Gasteiger partial charge in [-0.1, -0.05) is 11.3 Å². The van der Waals surface area contributed by atoms with Crippen LogP contribution in [0.2, 0.25) is 0 Å². The quantitative estimate of drug-likeness (QED) is 0.463. The maximum Gasteiger partial charge on any atom is 0.303 e. The third-order valence-corrected chi connectivity index (χ3v) is 5.17. The molecule has 4 rings (SSSR count). The molecule has 0 amide bonds. The first kappa shape index (κ1) is 19.2. The third kappa shape index (κ3) is 4.17. The van der Waals surface area contributed by atoms with Crippen molar-refractivity contribution in [1.82, 2.24) is 20.0 Å². The topological polar surface area (TPSA) is 105 Å². The first-order chi connectivity index (χ1) is 14.0. The van der Waals surface area contributed by atoms with Gasteiger partial charge < -0.3 is 14.2 Å². The van der Waals surface area contributed by atoms with Crippen LogP contribution >= 0.6 is 11.3 Å². The van der Waals surface area contributed by atoms with Crippen molar-refractivity contribution < 1.29 is 23.8 Å². The van der Waals surface area contributed by atoms with Crippen molar-refractivity contribution in [3.8, 4) is 5.69 Å². The zero-order chi connectivity index (χ0) is 20.4. The molecule has 0 N–H and O–H groups in total. The van der Waals surface area contributed by atoms with Gasteiger partial charge in [-0.15, -0.1) is 16.4 Å². The lowest BCUT2D eigenvalue weighted by Crippen LogP contribution is -2.39. The Hall–Kier alpha value is -3.11. The third-order valence-electron chi connectivity index (χ3n) is 4.30. The van der Waals surface area contributed by atoms with Crippen LogP contribution < -0.4 is 0 Å². The highest BCUT2D eigenvalue weighted by atomic mass is 32.1. The maximum atomic E-state index is 11.3. The molecular weight excluding hydrogens is 396 g/mol. The van der Waals surface area contributed by atoms with Crippen LogP contribution in [0, 0.1) is 0 Å². The van der Waals surface area contributed by atoms with E-state index in [1.165, 1.54) is 25.2 Å². The standard InChI is InChI=1S/C19H18N4O5S/c1-11(24)26-9-18-17(27-12(2)25)7-6-16(28-18)14-8-23(22-21-14)15-5-3-4-13-19(15)29-10-20-13/h3-8,10,16-18H,9H2,1-2H3/t16-,17-,18+/m0/s1. The van der Waals surface area contributed by atoms with Crippen molar-refractivity contribution in [3.05, 3.63) is 47.8 Å². The van der Waals surface area contributed by atoms with Crippen LogP contribution in [0.15, 0.2) is 42.1 Å². The summed E-state index contributed by atoms with van der Waals surface area (Å²) in [6.45, 7) is 2.58. The van der Waals surface area contributed by atoms with Crippen LogP contribution in [0.5, 0.6) is 0 Å². The summed E-state index contributed by atoms with van der Waals surface area (Å²) in [6, 6.07) is 5.79. The number of carbonyl (C=O) groups is 2. The van der Waals surface area contributed by atoms with Crippen LogP contribution in [0.25, 0.3) is 15.9 Å². The fourth-order valence-corrected chi connectivity index (χ4v) is 3.83. The lowest BCUT2D eigenvalue weighted by atomic mass is 10.1. The van der Waals surface area contributed by atoms with Crippen molar-refractivity contribution in [2.24, 2.45) is 0 Å². The summed E-state index contributed by atoms with van der Waals surface area (Å²) in [7, 11) is 0. The molecule has 0 saturated carbocycles. The van der Waals surface area contributed by atoms with E-state index >= 15 is 0 Å². The van der Waals surface area contributed by atoms with E-state index in [1.807, 2.05) is 18.2 Å². The monoisotopic (exact) mass is 414 g/mol. The van der Waals surface area contributed by atoms with Crippen LogP contribution in [0.3, 0.4) is 0 Å². The van der Waals surface area contributed by atoms with E-state index in [0.717, 1.165) is 15.9 Å². The highest BCUT2D eigenvalue weighted by Gasteiger charge is 2.32. The summed E-state index contributed by atoms with van der Waals surface area (Å²) < 4.78 is 19.0. The van der Waals surface area contributed by atoms with E-state index in [0.29, 0.717) is 5.69 Å². The maximum absolute atomic E-state index is 11.3. The molecule has 1 aromatic carbocycles. The largest absolute Gasteiger partial charge is 0.463 e. The first-order valence-electron chi connectivity index (χ1n) is 8.90. The summed E-state index contributed by atoms with van der Waals surface area (Å²) in [6.07, 6.45) is 3.43. The highest BCUT2D eigenvalue weighted by Crippen LogP contribution is 2.29. The number of benzene rings is 1. The van der Waals surface area contributed by atoms with Gasteiger partial charge in [0.2, 0.25) is 0 Å². The molecule has 2 aromatic heterocycles. The van der Waals surface area contributed by atoms with Gasteiger partial charge in [0.25, 0.3) is 0 Å². The van der Waals surface area contributed by atoms with Crippen molar-refractivity contribution in [2.75, 3.05) is 6.61 Å². The van der Waals surface area contributed by atoms with Gasteiger partial charge in [0.1, 0.15) is 30.6 Å². The Kier molecular flexibility index (Phi) is 5.36. The molecule has 3 atom stereocenters. The van der Waals surface area contributed by atoms with E-state index in [9.17, 15) is 9.59 Å². The second-order valence-corrected chi connectivity index (χ2v) is 7.28. The van der Waals surface area contributed by atoms with Gasteiger partial charge in [-0.05, 0) is 24.3 Å². The first-order valence-corrected chi connectivity index (χ1v) is 9.78. The lowest BCUT2D eigenvalue weighted by Gasteiger charge is -2.30. The molecular formula is C19H18N4O5S. The summed E-state index contributed by atoms with van der Waals surface area (Å²) in [4.78, 5) is 26.8. The lowest BCUT2D eigenvalue weighted by molar-refractivity contribution is -0.163. The fourth-order valence-electron chi connectivity index (χ4n) is 3.03. The van der Waals surface area contributed by atoms with Crippen molar-refractivity contribution >= 4 is 33.5 Å². The Morgan fingerprint density at radius 1 is 1.24 bits per heavy atom. The highest BCUT2D eigenvalue weighted by molar-refractivity contribution is 7.17. The molecule has 0 bridgehead atoms. The molecule has 1 aliphatic rings. The number of esters is 2. The molecule has 0 unspecified atom stereocenters. The number of hydrogen-bond donors (Lipinski definition) is 0. The average molecular weight is 414 g/mol. The van der Waals surface area contributed by atoms with E-state index < -0.39 is 30.3 Å². The van der Waals surface area contributed by atoms with Crippen molar-refractivity contribution in [1.29, 1.82) is 0 Å². The molecule has 0 saturated heterocycles. The second kappa shape index (κ2) is 8.10. The van der Waals surface area contributed by atoms with Gasteiger partial charge in [0, 0.05) is 13.8 Å². The van der Waals surface area contributed by atoms with Crippen LogP contribution in [-0.4, -0.2) is 50.7 Å². The molecule has 0 fully saturated rings. The number of hydrogen-bond acceptors (Lipinski definition) is 9. The fraction of sp³-hybridized carbons (Fsp3) is 0.316. The summed E-state index contributed by atoms with van der Waals surface area (Å²) in [5.41, 5.74) is 4.13. The Morgan fingerprint density at radius 2 is 2.10 bits per heavy atom.